The molecule has 0 aliphatic carbocycles. The third kappa shape index (κ3) is 4.73. The van der Waals surface area contributed by atoms with Gasteiger partial charge in [0, 0.05) is 37.9 Å². The van der Waals surface area contributed by atoms with Gasteiger partial charge in [-0.25, -0.2) is 9.78 Å². The van der Waals surface area contributed by atoms with E-state index in [0.29, 0.717) is 42.2 Å². The highest BCUT2D eigenvalue weighted by molar-refractivity contribution is 6.02. The van der Waals surface area contributed by atoms with E-state index in [1.807, 2.05) is 31.7 Å². The van der Waals surface area contributed by atoms with Crippen LogP contribution in [0.25, 0.3) is 11.0 Å². The maximum absolute atomic E-state index is 12.9. The monoisotopic (exact) mass is 401 g/mol. The van der Waals surface area contributed by atoms with Gasteiger partial charge in [-0.1, -0.05) is 20.8 Å². The number of hydrogen-bond donors (Lipinski definition) is 2. The number of fused-ring (bicyclic) bond motifs is 1. The highest BCUT2D eigenvalue weighted by atomic mass is 16.5. The fourth-order valence-corrected chi connectivity index (χ4v) is 3.40. The third-order valence-corrected chi connectivity index (χ3v) is 5.12. The summed E-state index contributed by atoms with van der Waals surface area (Å²) in [5.74, 6) is 0.405. The molecule has 0 saturated carbocycles. The van der Waals surface area contributed by atoms with Gasteiger partial charge in [0.2, 0.25) is 11.8 Å². The Morgan fingerprint density at radius 3 is 2.69 bits per heavy atom. The summed E-state index contributed by atoms with van der Waals surface area (Å²) in [4.78, 5) is 36.6. The van der Waals surface area contributed by atoms with Gasteiger partial charge in [-0.3, -0.25) is 14.7 Å². The molecule has 3 heterocycles. The highest BCUT2D eigenvalue weighted by Gasteiger charge is 2.32. The smallest absolute Gasteiger partial charge is 0.404 e. The predicted octanol–water partition coefficient (Wildman–Crippen LogP) is 1.97. The molecule has 2 N–H and O–H groups in total. The van der Waals surface area contributed by atoms with Crippen molar-refractivity contribution >= 4 is 28.7 Å². The second-order valence-corrected chi connectivity index (χ2v) is 8.20. The zero-order chi connectivity index (χ0) is 21.2. The number of methoxy groups -OCH3 is 1. The van der Waals surface area contributed by atoms with Crippen LogP contribution in [0.5, 0.6) is 5.88 Å². The minimum atomic E-state index is -1.06. The fourth-order valence-electron chi connectivity index (χ4n) is 3.40. The van der Waals surface area contributed by atoms with Gasteiger partial charge < -0.3 is 20.1 Å². The molecule has 1 atom stereocenters. The number of nitrogens with zero attached hydrogens (tertiary/aromatic N) is 4. The average Bonchev–Trinajstić information content (AvgIpc) is 2.66. The van der Waals surface area contributed by atoms with Crippen LogP contribution in [0.2, 0.25) is 0 Å². The van der Waals surface area contributed by atoms with Crippen LogP contribution in [0.15, 0.2) is 24.4 Å². The maximum atomic E-state index is 12.9. The van der Waals surface area contributed by atoms with E-state index in [0.717, 1.165) is 0 Å². The van der Waals surface area contributed by atoms with E-state index in [2.05, 4.69) is 15.3 Å². The van der Waals surface area contributed by atoms with E-state index in [1.54, 1.807) is 30.3 Å². The van der Waals surface area contributed by atoms with Gasteiger partial charge in [-0.05, 0) is 17.5 Å². The molecule has 0 radical (unpaired) electrons. The molecule has 0 spiro atoms. The molecule has 1 saturated heterocycles. The largest absolute Gasteiger partial charge is 0.481 e. The standard InChI is InChI=1S/C20H27N5O4/c1-20(2,3)15(22-19(27)28)11-24-9-10-25(17(26)12-24)14-7-8-21-13-5-6-16(29-4)23-18(13)14/h5-8,15,22H,9-12H2,1-4H3,(H,27,28). The van der Waals surface area contributed by atoms with Crippen molar-refractivity contribution in [3.8, 4) is 5.88 Å². The van der Waals surface area contributed by atoms with Gasteiger partial charge in [0.05, 0.1) is 24.9 Å². The number of hydrogen-bond acceptors (Lipinski definition) is 6. The number of carboxylic acid groups (broad SMARTS) is 1. The van der Waals surface area contributed by atoms with Gasteiger partial charge in [0.1, 0.15) is 5.52 Å². The minimum absolute atomic E-state index is 0.0589. The predicted molar refractivity (Wildman–Crippen MR) is 109 cm³/mol. The van der Waals surface area contributed by atoms with Gasteiger partial charge >= 0.3 is 6.09 Å². The van der Waals surface area contributed by atoms with Crippen molar-refractivity contribution in [2.75, 3.05) is 38.2 Å². The van der Waals surface area contributed by atoms with Crippen molar-refractivity contribution in [1.29, 1.82) is 0 Å². The molecule has 2 aromatic heterocycles. The molecular weight excluding hydrogens is 374 g/mol. The Hall–Kier alpha value is -2.94. The summed E-state index contributed by atoms with van der Waals surface area (Å²) in [6.07, 6.45) is 0.607. The van der Waals surface area contributed by atoms with Crippen LogP contribution in [0, 0.1) is 5.41 Å². The van der Waals surface area contributed by atoms with Crippen molar-refractivity contribution in [3.63, 3.8) is 0 Å². The molecule has 0 aromatic carbocycles. The Morgan fingerprint density at radius 2 is 2.07 bits per heavy atom. The summed E-state index contributed by atoms with van der Waals surface area (Å²) in [7, 11) is 1.55. The number of carbonyl (C=O) groups is 2. The SMILES string of the molecule is COc1ccc2nccc(N3CCN(CC(NC(=O)O)C(C)(C)C)CC3=O)c2n1. The molecule has 0 bridgehead atoms. The molecular formula is C20H27N5O4. The number of nitrogens with one attached hydrogen (secondary N) is 1. The van der Waals surface area contributed by atoms with Crippen LogP contribution in [-0.4, -0.2) is 71.3 Å². The van der Waals surface area contributed by atoms with Crippen LogP contribution < -0.4 is 15.0 Å². The molecule has 29 heavy (non-hydrogen) atoms. The first-order chi connectivity index (χ1) is 13.7. The fraction of sp³-hybridized carbons (Fsp3) is 0.500. The van der Waals surface area contributed by atoms with E-state index in [1.165, 1.54) is 0 Å². The van der Waals surface area contributed by atoms with Crippen LogP contribution >= 0.6 is 0 Å². The molecule has 2 aromatic rings. The van der Waals surface area contributed by atoms with Gasteiger partial charge in [-0.15, -0.1) is 0 Å². The molecule has 3 rings (SSSR count). The molecule has 2 amide bonds. The lowest BCUT2D eigenvalue weighted by Crippen LogP contribution is -2.56. The normalized spacial score (nSPS) is 16.7. The molecule has 1 aliphatic heterocycles. The lowest BCUT2D eigenvalue weighted by atomic mass is 9.86. The Bertz CT molecular complexity index is 911. The summed E-state index contributed by atoms with van der Waals surface area (Å²) < 4.78 is 5.21. The van der Waals surface area contributed by atoms with Crippen molar-refractivity contribution in [2.24, 2.45) is 5.41 Å². The first kappa shape index (κ1) is 20.8. The number of ether oxygens (including phenoxy) is 1. The second-order valence-electron chi connectivity index (χ2n) is 8.20. The molecule has 1 aliphatic rings. The van der Waals surface area contributed by atoms with E-state index in [-0.39, 0.29) is 23.9 Å². The van der Waals surface area contributed by atoms with E-state index in [4.69, 9.17) is 9.84 Å². The van der Waals surface area contributed by atoms with E-state index in [9.17, 15) is 9.59 Å². The van der Waals surface area contributed by atoms with Crippen LogP contribution in [-0.2, 0) is 4.79 Å². The van der Waals surface area contributed by atoms with Crippen molar-refractivity contribution < 1.29 is 19.4 Å². The summed E-state index contributed by atoms with van der Waals surface area (Å²) in [6.45, 7) is 7.74. The highest BCUT2D eigenvalue weighted by Crippen LogP contribution is 2.27. The minimum Gasteiger partial charge on any atom is -0.481 e. The quantitative estimate of drug-likeness (QED) is 0.788. The van der Waals surface area contributed by atoms with Crippen molar-refractivity contribution in [1.82, 2.24) is 20.2 Å². The van der Waals surface area contributed by atoms with Crippen LogP contribution in [0.4, 0.5) is 10.5 Å². The van der Waals surface area contributed by atoms with Gasteiger partial charge in [0.25, 0.3) is 0 Å². The van der Waals surface area contributed by atoms with Crippen molar-refractivity contribution in [3.05, 3.63) is 24.4 Å². The molecule has 9 heteroatoms. The number of anilines is 1. The zero-order valence-electron chi connectivity index (χ0n) is 17.2. The average molecular weight is 401 g/mol. The van der Waals surface area contributed by atoms with Crippen molar-refractivity contribution in [2.45, 2.75) is 26.8 Å². The van der Waals surface area contributed by atoms with E-state index < -0.39 is 6.09 Å². The zero-order valence-corrected chi connectivity index (χ0v) is 17.2. The molecule has 9 nitrogen and oxygen atoms in total. The summed E-state index contributed by atoms with van der Waals surface area (Å²) in [6, 6.07) is 5.05. The number of aromatic nitrogens is 2. The number of piperazine rings is 1. The van der Waals surface area contributed by atoms with Gasteiger partial charge in [-0.2, -0.15) is 0 Å². The lowest BCUT2D eigenvalue weighted by molar-refractivity contribution is -0.121. The number of rotatable bonds is 5. The van der Waals surface area contributed by atoms with Crippen LogP contribution in [0.1, 0.15) is 20.8 Å². The topological polar surface area (TPSA) is 108 Å². The molecule has 1 unspecified atom stereocenters. The lowest BCUT2D eigenvalue weighted by Gasteiger charge is -2.39. The summed E-state index contributed by atoms with van der Waals surface area (Å²) in [5, 5.41) is 11.7. The molecule has 1 fully saturated rings. The van der Waals surface area contributed by atoms with E-state index >= 15 is 0 Å². The second kappa shape index (κ2) is 8.20. The maximum Gasteiger partial charge on any atom is 0.404 e. The number of carbonyl (C=O) groups excluding carboxylic acids is 1. The van der Waals surface area contributed by atoms with Crippen LogP contribution in [0.3, 0.4) is 0 Å². The third-order valence-electron chi connectivity index (χ3n) is 5.12. The molecule has 156 valence electrons. The number of amides is 2. The first-order valence-electron chi connectivity index (χ1n) is 9.51. The summed E-state index contributed by atoms with van der Waals surface area (Å²) in [5.41, 5.74) is 1.75. The Labute approximate surface area is 169 Å². The Balaban J connectivity index is 1.78. The number of pyridine rings is 2. The first-order valence-corrected chi connectivity index (χ1v) is 9.51. The Morgan fingerprint density at radius 1 is 1.31 bits per heavy atom. The van der Waals surface area contributed by atoms with Gasteiger partial charge in [0.15, 0.2) is 0 Å². The Kier molecular flexibility index (Phi) is 5.88. The summed E-state index contributed by atoms with van der Waals surface area (Å²) >= 11 is 0.